The van der Waals surface area contributed by atoms with E-state index in [9.17, 15) is 9.59 Å². The Kier molecular flexibility index (Phi) is 5.47. The third-order valence-electron chi connectivity index (χ3n) is 3.85. The summed E-state index contributed by atoms with van der Waals surface area (Å²) in [5.74, 6) is 0.536. The largest absolute Gasteiger partial charge is 0.491 e. The fraction of sp³-hybridized carbons (Fsp3) is 0.238. The highest BCUT2D eigenvalue weighted by atomic mass is 32.2. The molecule has 4 nitrogen and oxygen atoms in total. The maximum Gasteiger partial charge on any atom is 0.293 e. The molecule has 1 saturated heterocycles. The van der Waals surface area contributed by atoms with Crippen LogP contribution in [-0.4, -0.2) is 22.2 Å². The van der Waals surface area contributed by atoms with Crippen molar-refractivity contribution in [3.05, 3.63) is 70.1 Å². The van der Waals surface area contributed by atoms with Gasteiger partial charge in [0.05, 0.1) is 17.6 Å². The van der Waals surface area contributed by atoms with Gasteiger partial charge in [-0.15, -0.1) is 0 Å². The molecule has 1 heterocycles. The number of nitrogens with zero attached hydrogens (tertiary/aromatic N) is 1. The maximum atomic E-state index is 12.6. The number of carbonyl (C=O) groups excluding carboxylic acids is 2. The van der Waals surface area contributed by atoms with Crippen LogP contribution in [0.3, 0.4) is 0 Å². The maximum absolute atomic E-state index is 12.6. The van der Waals surface area contributed by atoms with Gasteiger partial charge in [-0.2, -0.15) is 0 Å². The third-order valence-corrected chi connectivity index (χ3v) is 4.75. The van der Waals surface area contributed by atoms with Crippen LogP contribution in [0.5, 0.6) is 5.75 Å². The summed E-state index contributed by atoms with van der Waals surface area (Å²) in [7, 11) is 0. The van der Waals surface area contributed by atoms with Crippen LogP contribution >= 0.6 is 11.8 Å². The lowest BCUT2D eigenvalue weighted by Gasteiger charge is -2.12. The first kappa shape index (κ1) is 18.3. The fourth-order valence-electron chi connectivity index (χ4n) is 2.70. The summed E-state index contributed by atoms with van der Waals surface area (Å²) in [6.45, 7) is 6.23. The lowest BCUT2D eigenvalue weighted by Crippen LogP contribution is -2.27. The second kappa shape index (κ2) is 7.79. The highest BCUT2D eigenvalue weighted by Gasteiger charge is 2.34. The molecule has 2 amide bonds. The molecule has 2 aromatic carbocycles. The second-order valence-electron chi connectivity index (χ2n) is 6.49. The standard InChI is InChI=1S/C21H21NO3S/c1-14(2)25-18-9-7-16(8-10-18)12-19-20(23)22(21(24)26-19)13-17-6-4-5-15(3)11-17/h4-12,14H,13H2,1-3H3/b19-12-. The van der Waals surface area contributed by atoms with Crippen molar-refractivity contribution in [3.8, 4) is 5.75 Å². The SMILES string of the molecule is Cc1cccc(CN2C(=O)S/C(=C\c3ccc(OC(C)C)cc3)C2=O)c1. The van der Waals surface area contributed by atoms with Crippen molar-refractivity contribution in [1.29, 1.82) is 0 Å². The predicted octanol–water partition coefficient (Wildman–Crippen LogP) is 5.02. The van der Waals surface area contributed by atoms with E-state index in [2.05, 4.69) is 0 Å². The molecule has 5 heteroatoms. The van der Waals surface area contributed by atoms with Crippen LogP contribution in [0.1, 0.15) is 30.5 Å². The van der Waals surface area contributed by atoms with E-state index in [4.69, 9.17) is 4.74 Å². The Labute approximate surface area is 157 Å². The molecule has 1 fully saturated rings. The molecule has 1 aliphatic heterocycles. The number of aryl methyl sites for hydroxylation is 1. The molecule has 0 N–H and O–H groups in total. The second-order valence-corrected chi connectivity index (χ2v) is 7.49. The Bertz CT molecular complexity index is 856. The van der Waals surface area contributed by atoms with Crippen molar-refractivity contribution in [2.75, 3.05) is 0 Å². The van der Waals surface area contributed by atoms with Crippen LogP contribution in [0.2, 0.25) is 0 Å². The Balaban J connectivity index is 1.74. The topological polar surface area (TPSA) is 46.6 Å². The van der Waals surface area contributed by atoms with Gasteiger partial charge in [0.25, 0.3) is 11.1 Å². The molecule has 0 bridgehead atoms. The summed E-state index contributed by atoms with van der Waals surface area (Å²) in [6.07, 6.45) is 1.86. The van der Waals surface area contributed by atoms with Crippen molar-refractivity contribution >= 4 is 29.0 Å². The lowest BCUT2D eigenvalue weighted by molar-refractivity contribution is -0.123. The summed E-state index contributed by atoms with van der Waals surface area (Å²) in [6, 6.07) is 15.3. The number of hydrogen-bond acceptors (Lipinski definition) is 4. The van der Waals surface area contributed by atoms with E-state index in [0.29, 0.717) is 11.4 Å². The fourth-order valence-corrected chi connectivity index (χ4v) is 3.53. The van der Waals surface area contributed by atoms with Crippen molar-refractivity contribution in [3.63, 3.8) is 0 Å². The van der Waals surface area contributed by atoms with Gasteiger partial charge in [-0.3, -0.25) is 14.5 Å². The molecule has 26 heavy (non-hydrogen) atoms. The number of carbonyl (C=O) groups is 2. The average molecular weight is 367 g/mol. The van der Waals surface area contributed by atoms with Gasteiger partial charge in [-0.25, -0.2) is 0 Å². The molecule has 0 atom stereocenters. The Hall–Kier alpha value is -2.53. The predicted molar refractivity (Wildman–Crippen MR) is 105 cm³/mol. The minimum absolute atomic E-state index is 0.110. The minimum Gasteiger partial charge on any atom is -0.491 e. The average Bonchev–Trinajstić information content (AvgIpc) is 2.84. The molecule has 134 valence electrons. The van der Waals surface area contributed by atoms with Gasteiger partial charge in [0.2, 0.25) is 0 Å². The zero-order valence-corrected chi connectivity index (χ0v) is 15.9. The van der Waals surface area contributed by atoms with Crippen LogP contribution in [0.4, 0.5) is 4.79 Å². The molecule has 1 aliphatic rings. The van der Waals surface area contributed by atoms with Crippen LogP contribution in [0, 0.1) is 6.92 Å². The molecule has 0 unspecified atom stereocenters. The highest BCUT2D eigenvalue weighted by Crippen LogP contribution is 2.33. The first-order valence-corrected chi connectivity index (χ1v) is 9.31. The number of imide groups is 1. The number of hydrogen-bond donors (Lipinski definition) is 0. The van der Waals surface area contributed by atoms with Gasteiger partial charge in [-0.05, 0) is 61.9 Å². The molecular weight excluding hydrogens is 346 g/mol. The molecule has 0 radical (unpaired) electrons. The number of ether oxygens (including phenoxy) is 1. The van der Waals surface area contributed by atoms with E-state index < -0.39 is 0 Å². The van der Waals surface area contributed by atoms with Gasteiger partial charge in [0.15, 0.2) is 0 Å². The van der Waals surface area contributed by atoms with E-state index in [0.717, 1.165) is 34.2 Å². The summed E-state index contributed by atoms with van der Waals surface area (Å²) < 4.78 is 5.62. The van der Waals surface area contributed by atoms with Crippen molar-refractivity contribution in [2.24, 2.45) is 0 Å². The van der Waals surface area contributed by atoms with Gasteiger partial charge >= 0.3 is 0 Å². The van der Waals surface area contributed by atoms with E-state index in [1.165, 1.54) is 4.90 Å². The Morgan fingerprint density at radius 1 is 1.12 bits per heavy atom. The number of rotatable bonds is 5. The van der Waals surface area contributed by atoms with Gasteiger partial charge < -0.3 is 4.74 Å². The van der Waals surface area contributed by atoms with Gasteiger partial charge in [0.1, 0.15) is 5.75 Å². The van der Waals surface area contributed by atoms with E-state index in [1.807, 2.05) is 69.3 Å². The Morgan fingerprint density at radius 3 is 2.50 bits per heavy atom. The number of benzene rings is 2. The molecule has 0 aromatic heterocycles. The van der Waals surface area contributed by atoms with Crippen molar-refractivity contribution in [1.82, 2.24) is 4.90 Å². The first-order chi connectivity index (χ1) is 12.4. The highest BCUT2D eigenvalue weighted by molar-refractivity contribution is 8.18. The van der Waals surface area contributed by atoms with E-state index in [1.54, 1.807) is 6.08 Å². The molecule has 0 saturated carbocycles. The van der Waals surface area contributed by atoms with Crippen LogP contribution in [-0.2, 0) is 11.3 Å². The minimum atomic E-state index is -0.246. The monoisotopic (exact) mass is 367 g/mol. The van der Waals surface area contributed by atoms with Crippen LogP contribution in [0.15, 0.2) is 53.4 Å². The number of thioether (sulfide) groups is 1. The zero-order valence-electron chi connectivity index (χ0n) is 15.1. The summed E-state index contributed by atoms with van der Waals surface area (Å²) in [4.78, 5) is 26.6. The molecule has 0 spiro atoms. The molecular formula is C21H21NO3S. The molecule has 0 aliphatic carbocycles. The van der Waals surface area contributed by atoms with Crippen LogP contribution < -0.4 is 4.74 Å². The van der Waals surface area contributed by atoms with Crippen LogP contribution in [0.25, 0.3) is 6.08 Å². The smallest absolute Gasteiger partial charge is 0.293 e. The van der Waals surface area contributed by atoms with E-state index in [-0.39, 0.29) is 17.3 Å². The summed E-state index contributed by atoms with van der Waals surface area (Å²) in [5.41, 5.74) is 2.92. The normalized spacial score (nSPS) is 16.0. The summed E-state index contributed by atoms with van der Waals surface area (Å²) >= 11 is 0.982. The molecule has 3 rings (SSSR count). The van der Waals surface area contributed by atoms with Gasteiger partial charge in [-0.1, -0.05) is 42.0 Å². The van der Waals surface area contributed by atoms with E-state index >= 15 is 0 Å². The Morgan fingerprint density at radius 2 is 1.85 bits per heavy atom. The van der Waals surface area contributed by atoms with Crippen molar-refractivity contribution in [2.45, 2.75) is 33.4 Å². The quantitative estimate of drug-likeness (QED) is 0.696. The first-order valence-electron chi connectivity index (χ1n) is 8.50. The van der Waals surface area contributed by atoms with Crippen molar-refractivity contribution < 1.29 is 14.3 Å². The number of amides is 2. The third kappa shape index (κ3) is 4.35. The zero-order chi connectivity index (χ0) is 18.7. The summed E-state index contributed by atoms with van der Waals surface area (Å²) in [5, 5.41) is -0.234. The lowest BCUT2D eigenvalue weighted by atomic mass is 10.1. The molecule has 2 aromatic rings. The van der Waals surface area contributed by atoms with Gasteiger partial charge in [0, 0.05) is 0 Å².